The van der Waals surface area contributed by atoms with E-state index in [4.69, 9.17) is 10.5 Å². The van der Waals surface area contributed by atoms with Crippen molar-refractivity contribution in [3.8, 4) is 0 Å². The van der Waals surface area contributed by atoms with Crippen LogP contribution in [0.1, 0.15) is 55.5 Å². The number of esters is 1. The van der Waals surface area contributed by atoms with E-state index in [-0.39, 0.29) is 12.5 Å². The van der Waals surface area contributed by atoms with Crippen LogP contribution in [0.3, 0.4) is 0 Å². The van der Waals surface area contributed by atoms with Gasteiger partial charge in [-0.15, -0.1) is 0 Å². The molecule has 128 valence electrons. The maximum Gasteiger partial charge on any atom is 0.338 e. The lowest BCUT2D eigenvalue weighted by molar-refractivity contribution is -0.124. The largest absolute Gasteiger partial charge is 0.452 e. The summed E-state index contributed by atoms with van der Waals surface area (Å²) in [6.07, 6.45) is 4.46. The Morgan fingerprint density at radius 2 is 2.04 bits per heavy atom. The average Bonchev–Trinajstić information content (AvgIpc) is 2.55. The molecule has 1 aromatic rings. The zero-order chi connectivity index (χ0) is 17.2. The molecule has 0 saturated heterocycles. The summed E-state index contributed by atoms with van der Waals surface area (Å²) >= 11 is 0. The zero-order valence-electron chi connectivity index (χ0n) is 14.4. The molecule has 0 aliphatic carbocycles. The number of nitrogen functional groups attached to an aromatic ring is 1. The Morgan fingerprint density at radius 3 is 2.65 bits per heavy atom. The number of carbonyl (C=O) groups excluding carboxylic acids is 2. The maximum absolute atomic E-state index is 11.9. The molecule has 5 heteroatoms. The monoisotopic (exact) mass is 320 g/mol. The van der Waals surface area contributed by atoms with Crippen molar-refractivity contribution in [3.05, 3.63) is 29.3 Å². The van der Waals surface area contributed by atoms with Gasteiger partial charge in [-0.2, -0.15) is 0 Å². The van der Waals surface area contributed by atoms with E-state index in [1.54, 1.807) is 18.2 Å². The van der Waals surface area contributed by atoms with Gasteiger partial charge in [-0.1, -0.05) is 39.2 Å². The van der Waals surface area contributed by atoms with E-state index in [0.717, 1.165) is 31.2 Å². The minimum Gasteiger partial charge on any atom is -0.452 e. The summed E-state index contributed by atoms with van der Waals surface area (Å²) in [4.78, 5) is 23.7. The molecule has 0 aromatic heterocycles. The molecule has 0 aliphatic heterocycles. The molecule has 0 saturated carbocycles. The molecule has 0 aliphatic rings. The van der Waals surface area contributed by atoms with Crippen molar-refractivity contribution in [2.45, 2.75) is 46.5 Å². The van der Waals surface area contributed by atoms with Crippen LogP contribution in [0, 0.1) is 12.8 Å². The zero-order valence-corrected chi connectivity index (χ0v) is 14.4. The van der Waals surface area contributed by atoms with Crippen molar-refractivity contribution in [1.29, 1.82) is 0 Å². The second-order valence-corrected chi connectivity index (χ2v) is 5.87. The number of nitrogens with two attached hydrogens (primary N) is 1. The second kappa shape index (κ2) is 9.87. The molecular formula is C18H28N2O3. The van der Waals surface area contributed by atoms with E-state index in [2.05, 4.69) is 19.2 Å². The summed E-state index contributed by atoms with van der Waals surface area (Å²) in [5, 5.41) is 2.83. The molecule has 0 fully saturated rings. The summed E-state index contributed by atoms with van der Waals surface area (Å²) in [6, 6.07) is 4.96. The van der Waals surface area contributed by atoms with Crippen molar-refractivity contribution in [1.82, 2.24) is 5.32 Å². The van der Waals surface area contributed by atoms with Gasteiger partial charge in [0.15, 0.2) is 6.61 Å². The standard InChI is InChI=1S/C18H28N2O3/c1-4-6-7-14(5-2)11-20-17(21)12-23-18(22)15-9-8-13(3)16(19)10-15/h8-10,14H,4-7,11-12,19H2,1-3H3,(H,20,21)/t14-/m1/s1. The number of hydrogen-bond donors (Lipinski definition) is 2. The highest BCUT2D eigenvalue weighted by Gasteiger charge is 2.12. The Balaban J connectivity index is 2.37. The van der Waals surface area contributed by atoms with Crippen LogP contribution in [-0.2, 0) is 9.53 Å². The van der Waals surface area contributed by atoms with Crippen LogP contribution in [0.5, 0.6) is 0 Å². The molecular weight excluding hydrogens is 292 g/mol. The van der Waals surface area contributed by atoms with Crippen LogP contribution in [-0.4, -0.2) is 25.0 Å². The number of amides is 1. The third-order valence-corrected chi connectivity index (χ3v) is 3.98. The SMILES string of the molecule is CCCC[C@@H](CC)CNC(=O)COC(=O)c1ccc(C)c(N)c1. The van der Waals surface area contributed by atoms with Crippen LogP contribution < -0.4 is 11.1 Å². The van der Waals surface area contributed by atoms with Gasteiger partial charge < -0.3 is 15.8 Å². The summed E-state index contributed by atoms with van der Waals surface area (Å²) in [5.41, 5.74) is 7.55. The van der Waals surface area contributed by atoms with Gasteiger partial charge >= 0.3 is 5.97 Å². The highest BCUT2D eigenvalue weighted by Crippen LogP contribution is 2.14. The lowest BCUT2D eigenvalue weighted by Crippen LogP contribution is -2.32. The van der Waals surface area contributed by atoms with E-state index < -0.39 is 5.97 Å². The Labute approximate surface area is 138 Å². The molecule has 0 heterocycles. The van der Waals surface area contributed by atoms with Crippen molar-refractivity contribution in [2.75, 3.05) is 18.9 Å². The van der Waals surface area contributed by atoms with E-state index in [1.807, 2.05) is 6.92 Å². The molecule has 1 amide bonds. The Kier molecular flexibility index (Phi) is 8.16. The van der Waals surface area contributed by atoms with Crippen molar-refractivity contribution >= 4 is 17.6 Å². The van der Waals surface area contributed by atoms with E-state index in [0.29, 0.717) is 23.7 Å². The number of unbranched alkanes of at least 4 members (excludes halogenated alkanes) is 1. The predicted molar refractivity (Wildman–Crippen MR) is 92.2 cm³/mol. The van der Waals surface area contributed by atoms with Crippen LogP contribution in [0.25, 0.3) is 0 Å². The van der Waals surface area contributed by atoms with Gasteiger partial charge in [0.25, 0.3) is 5.91 Å². The van der Waals surface area contributed by atoms with Crippen molar-refractivity contribution in [2.24, 2.45) is 5.92 Å². The molecule has 1 atom stereocenters. The van der Waals surface area contributed by atoms with Crippen LogP contribution in [0.15, 0.2) is 18.2 Å². The van der Waals surface area contributed by atoms with Gasteiger partial charge in [-0.25, -0.2) is 4.79 Å². The lowest BCUT2D eigenvalue weighted by atomic mass is 9.99. The molecule has 3 N–H and O–H groups in total. The first-order valence-corrected chi connectivity index (χ1v) is 8.27. The minimum atomic E-state index is -0.537. The third kappa shape index (κ3) is 6.72. The smallest absolute Gasteiger partial charge is 0.338 e. The summed E-state index contributed by atoms with van der Waals surface area (Å²) in [7, 11) is 0. The number of carbonyl (C=O) groups is 2. The lowest BCUT2D eigenvalue weighted by Gasteiger charge is -2.15. The van der Waals surface area contributed by atoms with Gasteiger partial charge in [0, 0.05) is 12.2 Å². The highest BCUT2D eigenvalue weighted by atomic mass is 16.5. The van der Waals surface area contributed by atoms with Crippen molar-refractivity contribution < 1.29 is 14.3 Å². The number of benzene rings is 1. The Hall–Kier alpha value is -2.04. The highest BCUT2D eigenvalue weighted by molar-refractivity contribution is 5.92. The average molecular weight is 320 g/mol. The van der Waals surface area contributed by atoms with E-state index >= 15 is 0 Å². The van der Waals surface area contributed by atoms with E-state index in [1.165, 1.54) is 0 Å². The molecule has 5 nitrogen and oxygen atoms in total. The number of aryl methyl sites for hydroxylation is 1. The fraction of sp³-hybridized carbons (Fsp3) is 0.556. The van der Waals surface area contributed by atoms with Gasteiger partial charge in [0.05, 0.1) is 5.56 Å². The predicted octanol–water partition coefficient (Wildman–Crippen LogP) is 3.07. The number of rotatable bonds is 9. The first kappa shape index (κ1) is 19.0. The maximum atomic E-state index is 11.9. The third-order valence-electron chi connectivity index (χ3n) is 3.98. The minimum absolute atomic E-state index is 0.267. The molecule has 23 heavy (non-hydrogen) atoms. The second-order valence-electron chi connectivity index (χ2n) is 5.87. The van der Waals surface area contributed by atoms with Crippen LogP contribution in [0.2, 0.25) is 0 Å². The molecule has 0 spiro atoms. The first-order valence-electron chi connectivity index (χ1n) is 8.27. The number of anilines is 1. The van der Waals surface area contributed by atoms with Gasteiger partial charge in [-0.3, -0.25) is 4.79 Å². The normalized spacial score (nSPS) is 11.8. The number of hydrogen-bond acceptors (Lipinski definition) is 4. The summed E-state index contributed by atoms with van der Waals surface area (Å²) < 4.78 is 5.03. The van der Waals surface area contributed by atoms with Crippen LogP contribution >= 0.6 is 0 Å². The Morgan fingerprint density at radius 1 is 1.30 bits per heavy atom. The van der Waals surface area contributed by atoms with Gasteiger partial charge in [0.1, 0.15) is 0 Å². The van der Waals surface area contributed by atoms with Gasteiger partial charge in [0.2, 0.25) is 0 Å². The quantitative estimate of drug-likeness (QED) is 0.541. The van der Waals surface area contributed by atoms with Crippen molar-refractivity contribution in [3.63, 3.8) is 0 Å². The number of ether oxygens (including phenoxy) is 1. The molecule has 1 rings (SSSR count). The fourth-order valence-corrected chi connectivity index (χ4v) is 2.23. The fourth-order valence-electron chi connectivity index (χ4n) is 2.23. The Bertz CT molecular complexity index is 529. The number of nitrogens with one attached hydrogen (secondary N) is 1. The molecule has 0 radical (unpaired) electrons. The van der Waals surface area contributed by atoms with Gasteiger partial charge in [-0.05, 0) is 37.0 Å². The first-order chi connectivity index (χ1) is 11.0. The van der Waals surface area contributed by atoms with E-state index in [9.17, 15) is 9.59 Å². The molecule has 1 aromatic carbocycles. The summed E-state index contributed by atoms with van der Waals surface area (Å²) in [6.45, 7) is 6.50. The topological polar surface area (TPSA) is 81.4 Å². The molecule has 0 unspecified atom stereocenters. The molecule has 0 bridgehead atoms. The summed E-state index contributed by atoms with van der Waals surface area (Å²) in [5.74, 6) is -0.329. The van der Waals surface area contributed by atoms with Crippen LogP contribution in [0.4, 0.5) is 5.69 Å².